The Morgan fingerprint density at radius 2 is 2.00 bits per heavy atom. The molecule has 0 saturated carbocycles. The molecule has 0 heterocycles. The molecule has 2 amide bonds. The first kappa shape index (κ1) is 19.0. The number of urea groups is 1. The third-order valence-electron chi connectivity index (χ3n) is 3.89. The van der Waals surface area contributed by atoms with Crippen molar-refractivity contribution in [2.24, 2.45) is 10.8 Å². The molecule has 3 aromatic carbocycles. The van der Waals surface area contributed by atoms with Gasteiger partial charge in [-0.1, -0.05) is 42.5 Å². The van der Waals surface area contributed by atoms with E-state index in [-0.39, 0.29) is 0 Å². The van der Waals surface area contributed by atoms with Crippen molar-refractivity contribution in [1.29, 1.82) is 0 Å². The second-order valence-electron chi connectivity index (χ2n) is 5.70. The Hall–Kier alpha value is -2.81. The molecule has 0 radical (unpaired) electrons. The van der Waals surface area contributed by atoms with E-state index in [1.54, 1.807) is 13.2 Å². The van der Waals surface area contributed by atoms with Crippen molar-refractivity contribution in [2.45, 2.75) is 6.61 Å². The van der Waals surface area contributed by atoms with Crippen LogP contribution in [-0.4, -0.2) is 19.4 Å². The molecule has 0 saturated heterocycles. The van der Waals surface area contributed by atoms with Crippen molar-refractivity contribution >= 4 is 45.6 Å². The van der Waals surface area contributed by atoms with Crippen molar-refractivity contribution in [2.75, 3.05) is 7.11 Å². The topological polar surface area (TPSA) is 85.9 Å². The number of fused-ring (bicyclic) bond motifs is 1. The maximum absolute atomic E-state index is 10.7. The lowest BCUT2D eigenvalue weighted by Crippen LogP contribution is -2.24. The summed E-state index contributed by atoms with van der Waals surface area (Å²) in [6.45, 7) is 0.421. The van der Waals surface area contributed by atoms with Gasteiger partial charge in [-0.25, -0.2) is 10.2 Å². The fourth-order valence-electron chi connectivity index (χ4n) is 2.69. The highest BCUT2D eigenvalue weighted by molar-refractivity contribution is 14.1. The smallest absolute Gasteiger partial charge is 0.332 e. The van der Waals surface area contributed by atoms with E-state index in [0.717, 1.165) is 20.1 Å². The van der Waals surface area contributed by atoms with Gasteiger partial charge in [0.05, 0.1) is 16.9 Å². The summed E-state index contributed by atoms with van der Waals surface area (Å²) in [7, 11) is 1.58. The number of benzene rings is 3. The Balaban J connectivity index is 1.84. The fourth-order valence-corrected chi connectivity index (χ4v) is 3.47. The van der Waals surface area contributed by atoms with E-state index in [9.17, 15) is 4.79 Å². The number of nitrogens with zero attached hydrogens (tertiary/aromatic N) is 1. The molecule has 6 nitrogen and oxygen atoms in total. The summed E-state index contributed by atoms with van der Waals surface area (Å²) in [4.78, 5) is 10.7. The van der Waals surface area contributed by atoms with Crippen LogP contribution in [0.1, 0.15) is 11.1 Å². The maximum Gasteiger partial charge on any atom is 0.332 e. The van der Waals surface area contributed by atoms with Crippen molar-refractivity contribution in [3.05, 3.63) is 69.3 Å². The number of nitrogens with one attached hydrogen (secondary N) is 1. The van der Waals surface area contributed by atoms with Crippen LogP contribution in [0.2, 0.25) is 0 Å². The number of methoxy groups -OCH3 is 1. The summed E-state index contributed by atoms with van der Waals surface area (Å²) in [5.41, 5.74) is 9.01. The van der Waals surface area contributed by atoms with Crippen LogP contribution in [-0.2, 0) is 6.61 Å². The lowest BCUT2D eigenvalue weighted by Gasteiger charge is -2.14. The number of hydrogen-bond donors (Lipinski definition) is 2. The number of amides is 2. The summed E-state index contributed by atoms with van der Waals surface area (Å²) in [6.07, 6.45) is 1.49. The van der Waals surface area contributed by atoms with E-state index in [1.807, 2.05) is 24.3 Å². The number of halogens is 1. The van der Waals surface area contributed by atoms with E-state index in [4.69, 9.17) is 15.2 Å². The lowest BCUT2D eigenvalue weighted by atomic mass is 10.1. The maximum atomic E-state index is 10.7. The van der Waals surface area contributed by atoms with E-state index in [0.29, 0.717) is 18.1 Å². The van der Waals surface area contributed by atoms with Gasteiger partial charge in [-0.2, -0.15) is 5.10 Å². The predicted molar refractivity (Wildman–Crippen MR) is 114 cm³/mol. The molecule has 0 spiro atoms. The van der Waals surface area contributed by atoms with Gasteiger partial charge in [0.2, 0.25) is 0 Å². The minimum atomic E-state index is -0.719. The van der Waals surface area contributed by atoms with Crippen LogP contribution in [0.4, 0.5) is 4.79 Å². The van der Waals surface area contributed by atoms with E-state index < -0.39 is 6.03 Å². The number of nitrogens with two attached hydrogens (primary N) is 1. The van der Waals surface area contributed by atoms with Gasteiger partial charge in [0, 0.05) is 0 Å². The quantitative estimate of drug-likeness (QED) is 0.321. The van der Waals surface area contributed by atoms with Gasteiger partial charge < -0.3 is 15.2 Å². The average Bonchev–Trinajstić information content (AvgIpc) is 2.66. The molecule has 0 atom stereocenters. The molecule has 3 aromatic rings. The first-order valence-corrected chi connectivity index (χ1v) is 9.22. The van der Waals surface area contributed by atoms with Gasteiger partial charge in [-0.3, -0.25) is 0 Å². The molecule has 7 heteroatoms. The van der Waals surface area contributed by atoms with Crippen molar-refractivity contribution in [1.82, 2.24) is 5.43 Å². The van der Waals surface area contributed by atoms with E-state index in [1.165, 1.54) is 11.6 Å². The minimum absolute atomic E-state index is 0.421. The van der Waals surface area contributed by atoms with Crippen molar-refractivity contribution < 1.29 is 14.3 Å². The summed E-state index contributed by atoms with van der Waals surface area (Å²) in [5.74, 6) is 1.24. The fraction of sp³-hybridized carbons (Fsp3) is 0.100. The molecule has 0 unspecified atom stereocenters. The second kappa shape index (κ2) is 8.72. The van der Waals surface area contributed by atoms with Crippen LogP contribution in [0.25, 0.3) is 10.8 Å². The Bertz CT molecular complexity index is 1000. The molecule has 138 valence electrons. The standard InChI is InChI=1S/C20H18IN3O3/c1-26-18-10-13(11-23-24-20(22)25)9-17(21)19(18)27-12-15-7-4-6-14-5-2-3-8-16(14)15/h2-11H,12H2,1H3,(H3,22,24,25)/b23-11+. The molecule has 0 aliphatic carbocycles. The average molecular weight is 475 g/mol. The van der Waals surface area contributed by atoms with Gasteiger partial charge in [-0.05, 0) is 56.6 Å². The first-order valence-electron chi connectivity index (χ1n) is 8.14. The molecule has 3 rings (SSSR count). The normalized spacial score (nSPS) is 10.9. The number of carbonyl (C=O) groups is 1. The van der Waals surface area contributed by atoms with Crippen LogP contribution in [0.15, 0.2) is 59.7 Å². The molecule has 27 heavy (non-hydrogen) atoms. The van der Waals surface area contributed by atoms with Crippen LogP contribution >= 0.6 is 22.6 Å². The molecule has 0 aliphatic heterocycles. The highest BCUT2D eigenvalue weighted by Crippen LogP contribution is 2.34. The molecular formula is C20H18IN3O3. The molecule has 0 aromatic heterocycles. The van der Waals surface area contributed by atoms with Gasteiger partial charge >= 0.3 is 6.03 Å². The summed E-state index contributed by atoms with van der Waals surface area (Å²) < 4.78 is 12.4. The monoisotopic (exact) mass is 475 g/mol. The zero-order chi connectivity index (χ0) is 19.2. The molecule has 0 aliphatic rings. The Morgan fingerprint density at radius 1 is 1.22 bits per heavy atom. The van der Waals surface area contributed by atoms with E-state index in [2.05, 4.69) is 57.4 Å². The van der Waals surface area contributed by atoms with Crippen molar-refractivity contribution in [3.8, 4) is 11.5 Å². The zero-order valence-corrected chi connectivity index (χ0v) is 16.8. The highest BCUT2D eigenvalue weighted by Gasteiger charge is 2.12. The van der Waals surface area contributed by atoms with Crippen LogP contribution in [0.3, 0.4) is 0 Å². The number of hydrogen-bond acceptors (Lipinski definition) is 4. The number of carbonyl (C=O) groups excluding carboxylic acids is 1. The number of ether oxygens (including phenoxy) is 2. The molecule has 3 N–H and O–H groups in total. The second-order valence-corrected chi connectivity index (χ2v) is 6.86. The van der Waals surface area contributed by atoms with Gasteiger partial charge in [0.25, 0.3) is 0 Å². The van der Waals surface area contributed by atoms with Gasteiger partial charge in [-0.15, -0.1) is 0 Å². The highest BCUT2D eigenvalue weighted by atomic mass is 127. The summed E-state index contributed by atoms with van der Waals surface area (Å²) >= 11 is 2.18. The zero-order valence-electron chi connectivity index (χ0n) is 14.6. The lowest BCUT2D eigenvalue weighted by molar-refractivity contribution is 0.249. The van der Waals surface area contributed by atoms with Gasteiger partial charge in [0.1, 0.15) is 6.61 Å². The van der Waals surface area contributed by atoms with Crippen LogP contribution in [0.5, 0.6) is 11.5 Å². The summed E-state index contributed by atoms with van der Waals surface area (Å²) in [6, 6.07) is 17.3. The number of hydrazone groups is 1. The molecule has 0 bridgehead atoms. The van der Waals surface area contributed by atoms with Crippen LogP contribution in [0, 0.1) is 3.57 Å². The number of primary amides is 1. The Labute approximate surface area is 170 Å². The van der Waals surface area contributed by atoms with Crippen LogP contribution < -0.4 is 20.6 Å². The first-order chi connectivity index (χ1) is 13.1. The number of rotatable bonds is 6. The largest absolute Gasteiger partial charge is 0.493 e. The third kappa shape index (κ3) is 4.68. The predicted octanol–water partition coefficient (Wildman–Crippen LogP) is 4.03. The third-order valence-corrected chi connectivity index (χ3v) is 4.69. The van der Waals surface area contributed by atoms with Crippen molar-refractivity contribution in [3.63, 3.8) is 0 Å². The van der Waals surface area contributed by atoms with E-state index >= 15 is 0 Å². The SMILES string of the molecule is COc1cc(/C=N/NC(N)=O)cc(I)c1OCc1cccc2ccccc12. The molecule has 0 fully saturated rings. The van der Waals surface area contributed by atoms with Gasteiger partial charge in [0.15, 0.2) is 11.5 Å². The Kier molecular flexibility index (Phi) is 6.12. The minimum Gasteiger partial charge on any atom is -0.493 e. The molecular weight excluding hydrogens is 457 g/mol. The Morgan fingerprint density at radius 3 is 2.78 bits per heavy atom. The summed E-state index contributed by atoms with van der Waals surface area (Å²) in [5, 5.41) is 6.10.